The highest BCUT2D eigenvalue weighted by molar-refractivity contribution is 6.62. The fourth-order valence-corrected chi connectivity index (χ4v) is 5.95. The molecule has 4 heterocycles. The number of pyridine rings is 1. The summed E-state index contributed by atoms with van der Waals surface area (Å²) in [6, 6.07) is 18.7. The van der Waals surface area contributed by atoms with Crippen LogP contribution in [-0.2, 0) is 27.2 Å². The van der Waals surface area contributed by atoms with E-state index in [2.05, 4.69) is 10.5 Å². The predicted molar refractivity (Wildman–Crippen MR) is 153 cm³/mol. The van der Waals surface area contributed by atoms with Crippen molar-refractivity contribution in [1.29, 1.82) is 0 Å². The summed E-state index contributed by atoms with van der Waals surface area (Å²) >= 11 is 12.5. The zero-order chi connectivity index (χ0) is 27.5. The van der Waals surface area contributed by atoms with Gasteiger partial charge in [-0.1, -0.05) is 46.6 Å². The maximum absolute atomic E-state index is 13.2. The van der Waals surface area contributed by atoms with Gasteiger partial charge in [0.05, 0.1) is 16.8 Å². The molecule has 0 fully saturated rings. The quantitative estimate of drug-likeness (QED) is 0.329. The third-order valence-electron chi connectivity index (χ3n) is 7.46. The predicted octanol–water partition coefficient (Wildman–Crippen LogP) is 5.17. The summed E-state index contributed by atoms with van der Waals surface area (Å²) in [5, 5.41) is 18.8. The lowest BCUT2D eigenvalue weighted by molar-refractivity contribution is -0.00737. The minimum atomic E-state index is -0.974. The Labute approximate surface area is 236 Å². The molecule has 1 amide bonds. The van der Waals surface area contributed by atoms with Gasteiger partial charge in [0.1, 0.15) is 5.69 Å². The second-order valence-corrected chi connectivity index (χ2v) is 11.5. The van der Waals surface area contributed by atoms with Crippen LogP contribution in [0.4, 0.5) is 0 Å². The summed E-state index contributed by atoms with van der Waals surface area (Å²) in [4.78, 5) is 19.1. The van der Waals surface area contributed by atoms with Crippen molar-refractivity contribution in [3.63, 3.8) is 0 Å². The Morgan fingerprint density at radius 2 is 1.87 bits per heavy atom. The largest absolute Gasteiger partial charge is 0.492 e. The van der Waals surface area contributed by atoms with Crippen molar-refractivity contribution >= 4 is 52.9 Å². The summed E-state index contributed by atoms with van der Waals surface area (Å²) in [6.07, 6.45) is 2.37. The molecule has 2 N–H and O–H groups in total. The molecular weight excluding hydrogens is 536 g/mol. The van der Waals surface area contributed by atoms with E-state index in [0.29, 0.717) is 28.7 Å². The lowest BCUT2D eigenvalue weighted by Crippen LogP contribution is -2.30. The minimum absolute atomic E-state index is 0.219. The van der Waals surface area contributed by atoms with Crippen molar-refractivity contribution in [2.24, 2.45) is 5.16 Å². The van der Waals surface area contributed by atoms with Gasteiger partial charge < -0.3 is 24.2 Å². The van der Waals surface area contributed by atoms with E-state index >= 15 is 0 Å². The molecule has 10 heteroatoms. The van der Waals surface area contributed by atoms with E-state index in [1.54, 1.807) is 12.1 Å². The molecule has 7 nitrogen and oxygen atoms in total. The zero-order valence-corrected chi connectivity index (χ0v) is 23.2. The number of hydrogen-bond donors (Lipinski definition) is 2. The molecule has 39 heavy (non-hydrogen) atoms. The van der Waals surface area contributed by atoms with Crippen LogP contribution in [0.2, 0.25) is 10.0 Å². The molecule has 0 bridgehead atoms. The Kier molecular flexibility index (Phi) is 6.27. The number of halogens is 2. The molecule has 0 spiro atoms. The van der Waals surface area contributed by atoms with Gasteiger partial charge in [0.15, 0.2) is 5.60 Å². The van der Waals surface area contributed by atoms with Gasteiger partial charge in [-0.25, -0.2) is 0 Å². The van der Waals surface area contributed by atoms with Crippen LogP contribution in [0, 0.1) is 0 Å². The maximum Gasteiger partial charge on any atom is 0.492 e. The Balaban J connectivity index is 1.21. The van der Waals surface area contributed by atoms with Crippen LogP contribution in [0.25, 0.3) is 5.52 Å². The number of hydrogen-bond acceptors (Lipinski definition) is 5. The number of amides is 1. The average Bonchev–Trinajstić information content (AvgIpc) is 3.58. The molecule has 0 radical (unpaired) electrons. The van der Waals surface area contributed by atoms with Crippen LogP contribution < -0.4 is 10.8 Å². The zero-order valence-electron chi connectivity index (χ0n) is 21.7. The lowest BCUT2D eigenvalue weighted by Gasteiger charge is -2.22. The van der Waals surface area contributed by atoms with Gasteiger partial charge in [-0.15, -0.1) is 0 Å². The van der Waals surface area contributed by atoms with E-state index in [1.165, 1.54) is 0 Å². The fraction of sp³-hybridized carbons (Fsp3) is 0.241. The van der Waals surface area contributed by atoms with E-state index in [0.717, 1.165) is 38.9 Å². The van der Waals surface area contributed by atoms with Crippen LogP contribution >= 0.6 is 23.2 Å². The van der Waals surface area contributed by atoms with E-state index in [1.807, 2.05) is 79.9 Å². The van der Waals surface area contributed by atoms with Crippen molar-refractivity contribution < 1.29 is 19.3 Å². The number of aromatic nitrogens is 1. The molecule has 2 aromatic carbocycles. The first-order chi connectivity index (χ1) is 18.5. The highest BCUT2D eigenvalue weighted by Gasteiger charge is 2.40. The topological polar surface area (TPSA) is 84.6 Å². The normalized spacial score (nSPS) is 19.6. The summed E-state index contributed by atoms with van der Waals surface area (Å²) in [7, 11) is -0.974. The van der Waals surface area contributed by atoms with Gasteiger partial charge in [-0.2, -0.15) is 0 Å². The molecule has 198 valence electrons. The summed E-state index contributed by atoms with van der Waals surface area (Å²) < 4.78 is 7.49. The molecule has 0 saturated carbocycles. The summed E-state index contributed by atoms with van der Waals surface area (Å²) in [5.41, 5.74) is 5.12. The van der Waals surface area contributed by atoms with Gasteiger partial charge in [-0.3, -0.25) is 4.79 Å². The van der Waals surface area contributed by atoms with Crippen molar-refractivity contribution in [3.05, 3.63) is 105 Å². The molecule has 2 aromatic heterocycles. The molecule has 1 unspecified atom stereocenters. The maximum atomic E-state index is 13.2. The second kappa shape index (κ2) is 9.42. The Morgan fingerprint density at radius 3 is 2.64 bits per heavy atom. The van der Waals surface area contributed by atoms with E-state index in [9.17, 15) is 9.82 Å². The SMILES string of the molecule is CC1(C)OB(O)c2cc(CNC(=O)c3ccc(C4=NOC(C)(c5cc(Cl)cc(Cl)c5)C4)c4cccn34)ccc21. The number of fused-ring (bicyclic) bond motifs is 2. The van der Waals surface area contributed by atoms with E-state index in [-0.39, 0.29) is 5.91 Å². The first kappa shape index (κ1) is 26.0. The molecule has 1 atom stereocenters. The van der Waals surface area contributed by atoms with Gasteiger partial charge in [-0.05, 0) is 79.8 Å². The third-order valence-corrected chi connectivity index (χ3v) is 7.90. The number of oxime groups is 1. The highest BCUT2D eigenvalue weighted by Crippen LogP contribution is 2.39. The van der Waals surface area contributed by atoms with Crippen molar-refractivity contribution in [2.45, 2.75) is 44.9 Å². The third kappa shape index (κ3) is 4.61. The first-order valence-electron chi connectivity index (χ1n) is 12.6. The Hall–Kier alpha value is -3.30. The molecular formula is C29H26BCl2N3O4. The molecule has 0 aliphatic carbocycles. The van der Waals surface area contributed by atoms with E-state index in [4.69, 9.17) is 32.7 Å². The van der Waals surface area contributed by atoms with Gasteiger partial charge in [0, 0.05) is 40.3 Å². The number of nitrogens with zero attached hydrogens (tertiary/aromatic N) is 2. The minimum Gasteiger partial charge on any atom is -0.423 e. The summed E-state index contributed by atoms with van der Waals surface area (Å²) in [5.74, 6) is -0.219. The van der Waals surface area contributed by atoms with Crippen LogP contribution in [0.15, 0.2) is 72.0 Å². The standard InChI is InChI=1S/C29H26BCl2N3O4/c1-28(2)22-8-6-17(11-23(22)30(37)38-28)16-33-27(36)26-9-7-21(25-5-4-10-35(25)26)24-15-29(3,39-34-24)18-12-19(31)14-20(32)13-18/h4-14,37H,15-16H2,1-3H3,(H,33,36). The molecule has 2 aliphatic heterocycles. The first-order valence-corrected chi connectivity index (χ1v) is 13.4. The average molecular weight is 562 g/mol. The lowest BCUT2D eigenvalue weighted by atomic mass is 9.77. The summed E-state index contributed by atoms with van der Waals surface area (Å²) in [6.45, 7) is 6.11. The highest BCUT2D eigenvalue weighted by atomic mass is 35.5. The van der Waals surface area contributed by atoms with Gasteiger partial charge in [0.25, 0.3) is 5.91 Å². The van der Waals surface area contributed by atoms with Crippen LogP contribution in [0.3, 0.4) is 0 Å². The molecule has 4 aromatic rings. The second-order valence-electron chi connectivity index (χ2n) is 10.7. The van der Waals surface area contributed by atoms with Crippen LogP contribution in [0.5, 0.6) is 0 Å². The number of carbonyl (C=O) groups excluding carboxylic acids is 1. The van der Waals surface area contributed by atoms with Crippen molar-refractivity contribution in [3.8, 4) is 0 Å². The molecule has 6 rings (SSSR count). The molecule has 2 aliphatic rings. The van der Waals surface area contributed by atoms with Crippen molar-refractivity contribution in [2.75, 3.05) is 0 Å². The number of carbonyl (C=O) groups is 1. The molecule has 0 saturated heterocycles. The van der Waals surface area contributed by atoms with Gasteiger partial charge >= 0.3 is 7.12 Å². The van der Waals surface area contributed by atoms with Crippen LogP contribution in [0.1, 0.15) is 59.9 Å². The number of rotatable bonds is 5. The van der Waals surface area contributed by atoms with E-state index < -0.39 is 18.3 Å². The Morgan fingerprint density at radius 1 is 1.10 bits per heavy atom. The number of benzene rings is 2. The van der Waals surface area contributed by atoms with Crippen LogP contribution in [-0.4, -0.2) is 28.2 Å². The fourth-order valence-electron chi connectivity index (χ4n) is 5.42. The number of nitrogens with one attached hydrogen (secondary N) is 1. The smallest absolute Gasteiger partial charge is 0.423 e. The van der Waals surface area contributed by atoms with Gasteiger partial charge in [0.2, 0.25) is 0 Å². The Bertz CT molecular complexity index is 1650. The monoisotopic (exact) mass is 561 g/mol. The van der Waals surface area contributed by atoms with Crippen molar-refractivity contribution in [1.82, 2.24) is 9.72 Å².